The highest BCUT2D eigenvalue weighted by Gasteiger charge is 2.33. The Kier molecular flexibility index (Phi) is 4.30. The molecule has 1 aliphatic heterocycles. The van der Waals surface area contributed by atoms with E-state index >= 15 is 0 Å². The number of hydrogen-bond acceptors (Lipinski definition) is 3. The summed E-state index contributed by atoms with van der Waals surface area (Å²) < 4.78 is 0. The second-order valence-corrected chi connectivity index (χ2v) is 4.63. The molecule has 104 valence electrons. The Hall–Kier alpha value is -2.43. The molecule has 1 N–H and O–H groups in total. The maximum Gasteiger partial charge on any atom is 0.303 e. The molecule has 0 atom stereocenters. The van der Waals surface area contributed by atoms with Crippen molar-refractivity contribution in [3.63, 3.8) is 0 Å². The summed E-state index contributed by atoms with van der Waals surface area (Å²) in [5.74, 6) is -1.94. The smallest absolute Gasteiger partial charge is 0.303 e. The Labute approximate surface area is 116 Å². The topological polar surface area (TPSA) is 74.7 Å². The van der Waals surface area contributed by atoms with Crippen LogP contribution in [0.5, 0.6) is 0 Å². The van der Waals surface area contributed by atoms with Gasteiger partial charge in [0.2, 0.25) is 5.78 Å². The molecule has 0 aliphatic carbocycles. The van der Waals surface area contributed by atoms with Gasteiger partial charge in [-0.15, -0.1) is 0 Å². The summed E-state index contributed by atoms with van der Waals surface area (Å²) in [5.41, 5.74) is 1.33. The summed E-state index contributed by atoms with van der Waals surface area (Å²) in [5, 5.41) is 8.57. The van der Waals surface area contributed by atoms with E-state index in [4.69, 9.17) is 5.11 Å². The minimum atomic E-state index is -0.900. The Morgan fingerprint density at radius 1 is 1.25 bits per heavy atom. The quantitative estimate of drug-likeness (QED) is 0.649. The second kappa shape index (κ2) is 6.14. The number of likely N-dealkylation sites (tertiary alicyclic amines) is 1. The number of amides is 1. The number of rotatable bonds is 5. The number of carbonyl (C=O) groups is 3. The van der Waals surface area contributed by atoms with Crippen molar-refractivity contribution < 1.29 is 19.5 Å². The van der Waals surface area contributed by atoms with E-state index < -0.39 is 17.7 Å². The van der Waals surface area contributed by atoms with Gasteiger partial charge in [-0.1, -0.05) is 30.3 Å². The first-order valence-electron chi connectivity index (χ1n) is 6.39. The molecule has 1 aromatic rings. The highest BCUT2D eigenvalue weighted by atomic mass is 16.4. The summed E-state index contributed by atoms with van der Waals surface area (Å²) in [7, 11) is 0. The fourth-order valence-electron chi connectivity index (χ4n) is 2.09. The van der Waals surface area contributed by atoms with Crippen LogP contribution in [0.2, 0.25) is 0 Å². The number of carboxylic acid groups (broad SMARTS) is 1. The van der Waals surface area contributed by atoms with Crippen molar-refractivity contribution in [3.8, 4) is 0 Å². The van der Waals surface area contributed by atoms with Gasteiger partial charge in [-0.25, -0.2) is 0 Å². The van der Waals surface area contributed by atoms with Gasteiger partial charge < -0.3 is 10.0 Å². The third kappa shape index (κ3) is 3.32. The van der Waals surface area contributed by atoms with Crippen molar-refractivity contribution in [2.24, 2.45) is 0 Å². The first kappa shape index (κ1) is 14.0. The predicted octanol–water partition coefficient (Wildman–Crippen LogP) is 1.35. The summed E-state index contributed by atoms with van der Waals surface area (Å²) in [4.78, 5) is 35.5. The SMILES string of the molecule is O=C(O)CCCN1C/C(=C/c2ccccc2)C(=O)C1=O. The van der Waals surface area contributed by atoms with Gasteiger partial charge in [-0.05, 0) is 18.1 Å². The van der Waals surface area contributed by atoms with Crippen LogP contribution in [0, 0.1) is 0 Å². The van der Waals surface area contributed by atoms with Gasteiger partial charge in [0.1, 0.15) is 0 Å². The summed E-state index contributed by atoms with van der Waals surface area (Å²) in [6.45, 7) is 0.551. The van der Waals surface area contributed by atoms with Gasteiger partial charge >= 0.3 is 5.97 Å². The van der Waals surface area contributed by atoms with Crippen LogP contribution >= 0.6 is 0 Å². The molecule has 2 rings (SSSR count). The van der Waals surface area contributed by atoms with Crippen molar-refractivity contribution in [3.05, 3.63) is 41.5 Å². The van der Waals surface area contributed by atoms with E-state index in [-0.39, 0.29) is 13.0 Å². The van der Waals surface area contributed by atoms with E-state index in [1.165, 1.54) is 4.90 Å². The van der Waals surface area contributed by atoms with E-state index in [0.29, 0.717) is 18.5 Å². The molecule has 0 radical (unpaired) electrons. The lowest BCUT2D eigenvalue weighted by Crippen LogP contribution is -2.28. The van der Waals surface area contributed by atoms with Crippen molar-refractivity contribution in [1.82, 2.24) is 4.90 Å². The van der Waals surface area contributed by atoms with Gasteiger partial charge in [0.25, 0.3) is 5.91 Å². The number of carboxylic acids is 1. The third-order valence-corrected chi connectivity index (χ3v) is 3.09. The molecule has 1 aromatic carbocycles. The molecule has 20 heavy (non-hydrogen) atoms. The number of hydrogen-bond donors (Lipinski definition) is 1. The lowest BCUT2D eigenvalue weighted by Gasteiger charge is -2.12. The zero-order chi connectivity index (χ0) is 14.5. The van der Waals surface area contributed by atoms with E-state index in [0.717, 1.165) is 5.56 Å². The van der Waals surface area contributed by atoms with Crippen molar-refractivity contribution >= 4 is 23.7 Å². The maximum atomic E-state index is 11.8. The monoisotopic (exact) mass is 273 g/mol. The van der Waals surface area contributed by atoms with Gasteiger partial charge in [0.05, 0.1) is 6.54 Å². The number of benzene rings is 1. The average molecular weight is 273 g/mol. The fourth-order valence-corrected chi connectivity index (χ4v) is 2.09. The van der Waals surface area contributed by atoms with E-state index in [1.54, 1.807) is 6.08 Å². The fraction of sp³-hybridized carbons (Fsp3) is 0.267. The van der Waals surface area contributed by atoms with Gasteiger partial charge in [0, 0.05) is 18.5 Å². The number of ketones is 1. The van der Waals surface area contributed by atoms with Crippen LogP contribution in [0.4, 0.5) is 0 Å². The standard InChI is InChI=1S/C15H15NO4/c17-13(18)7-4-8-16-10-12(14(19)15(16)20)9-11-5-2-1-3-6-11/h1-3,5-6,9H,4,7-8,10H2,(H,17,18)/b12-9-. The molecule has 1 saturated heterocycles. The third-order valence-electron chi connectivity index (χ3n) is 3.09. The molecule has 0 bridgehead atoms. The molecule has 5 heteroatoms. The van der Waals surface area contributed by atoms with Crippen molar-refractivity contribution in [2.45, 2.75) is 12.8 Å². The van der Waals surface area contributed by atoms with Crippen molar-refractivity contribution in [2.75, 3.05) is 13.1 Å². The highest BCUT2D eigenvalue weighted by molar-refractivity contribution is 6.45. The lowest BCUT2D eigenvalue weighted by atomic mass is 10.1. The Bertz CT molecular complexity index is 562. The number of Topliss-reactive ketones (excluding diaryl/α,β-unsaturated/α-hetero) is 1. The summed E-state index contributed by atoms with van der Waals surface area (Å²) in [6, 6.07) is 9.31. The Balaban J connectivity index is 2.03. The van der Waals surface area contributed by atoms with Crippen LogP contribution < -0.4 is 0 Å². The van der Waals surface area contributed by atoms with Gasteiger partial charge in [-0.2, -0.15) is 0 Å². The number of nitrogens with zero attached hydrogens (tertiary/aromatic N) is 1. The van der Waals surface area contributed by atoms with Crippen LogP contribution in [-0.2, 0) is 14.4 Å². The van der Waals surface area contributed by atoms with Crippen LogP contribution in [0.15, 0.2) is 35.9 Å². The zero-order valence-electron chi connectivity index (χ0n) is 10.9. The second-order valence-electron chi connectivity index (χ2n) is 4.63. The molecule has 1 aliphatic rings. The molecule has 0 aromatic heterocycles. The van der Waals surface area contributed by atoms with E-state index in [2.05, 4.69) is 0 Å². The van der Waals surface area contributed by atoms with Crippen LogP contribution in [0.25, 0.3) is 6.08 Å². The first-order chi connectivity index (χ1) is 9.58. The lowest BCUT2D eigenvalue weighted by molar-refractivity contribution is -0.140. The van der Waals surface area contributed by atoms with Crippen molar-refractivity contribution in [1.29, 1.82) is 0 Å². The molecule has 1 heterocycles. The minimum absolute atomic E-state index is 0.00426. The molecule has 5 nitrogen and oxygen atoms in total. The summed E-state index contributed by atoms with van der Waals surface area (Å²) in [6.07, 6.45) is 2.06. The largest absolute Gasteiger partial charge is 0.481 e. The zero-order valence-corrected chi connectivity index (χ0v) is 10.9. The first-order valence-corrected chi connectivity index (χ1v) is 6.39. The molecule has 0 saturated carbocycles. The molecule has 0 unspecified atom stereocenters. The number of aliphatic carboxylic acids is 1. The number of carbonyl (C=O) groups excluding carboxylic acids is 2. The normalized spacial score (nSPS) is 17.0. The molecular weight excluding hydrogens is 258 g/mol. The van der Waals surface area contributed by atoms with Gasteiger partial charge in [0.15, 0.2) is 0 Å². The average Bonchev–Trinajstić information content (AvgIpc) is 2.68. The molecular formula is C15H15NO4. The predicted molar refractivity (Wildman–Crippen MR) is 72.9 cm³/mol. The Morgan fingerprint density at radius 2 is 1.95 bits per heavy atom. The molecule has 0 spiro atoms. The Morgan fingerprint density at radius 3 is 2.60 bits per heavy atom. The van der Waals surface area contributed by atoms with Crippen LogP contribution in [-0.4, -0.2) is 40.8 Å². The molecule has 1 amide bonds. The van der Waals surface area contributed by atoms with Crippen LogP contribution in [0.3, 0.4) is 0 Å². The van der Waals surface area contributed by atoms with E-state index in [9.17, 15) is 14.4 Å². The van der Waals surface area contributed by atoms with E-state index in [1.807, 2.05) is 30.3 Å². The molecule has 1 fully saturated rings. The highest BCUT2D eigenvalue weighted by Crippen LogP contribution is 2.17. The van der Waals surface area contributed by atoms with Crippen LogP contribution in [0.1, 0.15) is 18.4 Å². The summed E-state index contributed by atoms with van der Waals surface area (Å²) >= 11 is 0. The minimum Gasteiger partial charge on any atom is -0.481 e. The maximum absolute atomic E-state index is 11.8. The van der Waals surface area contributed by atoms with Gasteiger partial charge in [-0.3, -0.25) is 14.4 Å².